The molecule has 6 nitrogen and oxygen atoms in total. The van der Waals surface area contributed by atoms with Gasteiger partial charge in [-0.2, -0.15) is 0 Å². The number of oxazole rings is 1. The van der Waals surface area contributed by atoms with Crippen molar-refractivity contribution in [3.8, 4) is 22.6 Å². The average molecular weight is 537 g/mol. The summed E-state index contributed by atoms with van der Waals surface area (Å²) in [7, 11) is 0. The molecular weight excluding hydrogens is 520 g/mol. The van der Waals surface area contributed by atoms with Gasteiger partial charge in [-0.25, -0.2) is 9.78 Å². The molecule has 0 fully saturated rings. The van der Waals surface area contributed by atoms with E-state index in [1.807, 2.05) is 42.5 Å². The van der Waals surface area contributed by atoms with E-state index < -0.39 is 5.63 Å². The molecule has 6 rings (SSSR count). The molecule has 7 heteroatoms. The topological polar surface area (TPSA) is 85.3 Å². The van der Waals surface area contributed by atoms with Crippen molar-refractivity contribution in [1.82, 2.24) is 4.98 Å². The van der Waals surface area contributed by atoms with E-state index in [-0.39, 0.29) is 5.91 Å². The Kier molecular flexibility index (Phi) is 5.47. The normalized spacial score (nSPS) is 11.1. The van der Waals surface area contributed by atoms with Gasteiger partial charge in [-0.1, -0.05) is 42.5 Å². The number of aromatic nitrogens is 1. The Morgan fingerprint density at radius 2 is 1.61 bits per heavy atom. The van der Waals surface area contributed by atoms with Crippen molar-refractivity contribution in [2.24, 2.45) is 0 Å². The lowest BCUT2D eigenvalue weighted by Gasteiger charge is -2.07. The number of halogens is 1. The van der Waals surface area contributed by atoms with E-state index in [0.717, 1.165) is 15.4 Å². The van der Waals surface area contributed by atoms with E-state index in [1.54, 1.807) is 54.6 Å². The van der Waals surface area contributed by atoms with E-state index in [1.165, 1.54) is 0 Å². The highest BCUT2D eigenvalue weighted by atomic mass is 79.9. The van der Waals surface area contributed by atoms with Crippen LogP contribution in [0.2, 0.25) is 0 Å². The predicted molar refractivity (Wildman–Crippen MR) is 143 cm³/mol. The van der Waals surface area contributed by atoms with Crippen molar-refractivity contribution in [3.63, 3.8) is 0 Å². The largest absolute Gasteiger partial charge is 0.436 e. The Morgan fingerprint density at radius 3 is 2.50 bits per heavy atom. The number of amides is 1. The summed E-state index contributed by atoms with van der Waals surface area (Å²) in [5.41, 5.74) is 4.14. The van der Waals surface area contributed by atoms with Gasteiger partial charge in [-0.15, -0.1) is 0 Å². The summed E-state index contributed by atoms with van der Waals surface area (Å²) in [6.07, 6.45) is 0. The predicted octanol–water partition coefficient (Wildman–Crippen LogP) is 7.28. The molecule has 2 heterocycles. The molecule has 0 aliphatic heterocycles. The number of benzene rings is 4. The number of rotatable bonds is 4. The first-order chi connectivity index (χ1) is 17.5. The second kappa shape index (κ2) is 8.94. The van der Waals surface area contributed by atoms with Crippen LogP contribution in [0.5, 0.6) is 0 Å². The Balaban J connectivity index is 1.28. The second-order valence-electron chi connectivity index (χ2n) is 8.20. The fourth-order valence-corrected chi connectivity index (χ4v) is 4.50. The number of fused-ring (bicyclic) bond motifs is 2. The summed E-state index contributed by atoms with van der Waals surface area (Å²) in [6, 6.07) is 29.0. The van der Waals surface area contributed by atoms with Crippen molar-refractivity contribution in [2.75, 3.05) is 5.32 Å². The van der Waals surface area contributed by atoms with Crippen molar-refractivity contribution >= 4 is 49.6 Å². The Morgan fingerprint density at radius 1 is 0.778 bits per heavy atom. The first-order valence-electron chi connectivity index (χ1n) is 11.2. The Labute approximate surface area is 213 Å². The average Bonchev–Trinajstić information content (AvgIpc) is 3.32. The van der Waals surface area contributed by atoms with E-state index in [2.05, 4.69) is 26.2 Å². The molecule has 174 valence electrons. The van der Waals surface area contributed by atoms with Crippen LogP contribution in [0.25, 0.3) is 44.7 Å². The van der Waals surface area contributed by atoms with E-state index in [0.29, 0.717) is 45.0 Å². The smallest absolute Gasteiger partial charge is 0.344 e. The quantitative estimate of drug-likeness (QED) is 0.239. The summed E-state index contributed by atoms with van der Waals surface area (Å²) in [5, 5.41) is 3.71. The van der Waals surface area contributed by atoms with Crippen LogP contribution in [0.4, 0.5) is 5.69 Å². The third kappa shape index (κ3) is 4.10. The molecule has 0 saturated carbocycles. The van der Waals surface area contributed by atoms with Gasteiger partial charge in [0.15, 0.2) is 5.58 Å². The van der Waals surface area contributed by atoms with Crippen molar-refractivity contribution < 1.29 is 13.6 Å². The summed E-state index contributed by atoms with van der Waals surface area (Å²) >= 11 is 3.52. The summed E-state index contributed by atoms with van der Waals surface area (Å²) in [4.78, 5) is 30.2. The van der Waals surface area contributed by atoms with E-state index in [9.17, 15) is 9.59 Å². The number of nitrogens with zero attached hydrogens (tertiary/aromatic N) is 1. The molecular formula is C29H17BrN2O4. The summed E-state index contributed by atoms with van der Waals surface area (Å²) in [5.74, 6) is 0.179. The van der Waals surface area contributed by atoms with Gasteiger partial charge < -0.3 is 14.2 Å². The number of carbonyl (C=O) groups excluding carboxylic acids is 1. The molecule has 1 amide bonds. The molecule has 0 atom stereocenters. The van der Waals surface area contributed by atoms with Crippen LogP contribution in [-0.4, -0.2) is 10.9 Å². The van der Waals surface area contributed by atoms with Gasteiger partial charge in [-0.3, -0.25) is 4.79 Å². The number of para-hydroxylation sites is 1. The standard InChI is InChI=1S/C29H17BrN2O4/c30-23-10-3-2-9-21(23)28-32-24-16-20(12-13-26(24)35-28)31-27(33)19-8-5-7-17(14-19)22-15-18-6-1-4-11-25(18)36-29(22)34/h1-16H,(H,31,33). The molecule has 36 heavy (non-hydrogen) atoms. The molecule has 0 spiro atoms. The molecule has 0 unspecified atom stereocenters. The SMILES string of the molecule is O=C(Nc1ccc2oc(-c3ccccc3Br)nc2c1)c1cccc(-c2cc3ccccc3oc2=O)c1. The van der Waals surface area contributed by atoms with Gasteiger partial charge in [0, 0.05) is 21.1 Å². The van der Waals surface area contributed by atoms with Crippen LogP contribution < -0.4 is 10.9 Å². The highest BCUT2D eigenvalue weighted by Gasteiger charge is 2.14. The van der Waals surface area contributed by atoms with Crippen LogP contribution in [0, 0.1) is 0 Å². The zero-order chi connectivity index (χ0) is 24.6. The Bertz CT molecular complexity index is 1840. The fourth-order valence-electron chi connectivity index (χ4n) is 4.05. The molecule has 0 radical (unpaired) electrons. The number of nitrogens with one attached hydrogen (secondary N) is 1. The van der Waals surface area contributed by atoms with Crippen LogP contribution in [0.15, 0.2) is 115 Å². The molecule has 0 saturated heterocycles. The molecule has 6 aromatic rings. The zero-order valence-electron chi connectivity index (χ0n) is 18.7. The Hall–Kier alpha value is -4.49. The maximum atomic E-state index is 13.0. The van der Waals surface area contributed by atoms with Gasteiger partial charge in [0.2, 0.25) is 5.89 Å². The van der Waals surface area contributed by atoms with Crippen LogP contribution in [-0.2, 0) is 0 Å². The van der Waals surface area contributed by atoms with Gasteiger partial charge in [0.05, 0.1) is 11.1 Å². The summed E-state index contributed by atoms with van der Waals surface area (Å²) in [6.45, 7) is 0. The number of hydrogen-bond acceptors (Lipinski definition) is 5. The van der Waals surface area contributed by atoms with Gasteiger partial charge >= 0.3 is 5.63 Å². The number of carbonyl (C=O) groups is 1. The number of hydrogen-bond donors (Lipinski definition) is 1. The first kappa shape index (κ1) is 22.0. The van der Waals surface area contributed by atoms with Gasteiger partial charge in [0.25, 0.3) is 5.91 Å². The van der Waals surface area contributed by atoms with Crippen molar-refractivity contribution in [1.29, 1.82) is 0 Å². The first-order valence-corrected chi connectivity index (χ1v) is 11.9. The van der Waals surface area contributed by atoms with Gasteiger partial charge in [0.1, 0.15) is 11.1 Å². The maximum absolute atomic E-state index is 13.0. The number of anilines is 1. The minimum atomic E-state index is -0.455. The molecule has 0 aliphatic rings. The lowest BCUT2D eigenvalue weighted by atomic mass is 10.0. The van der Waals surface area contributed by atoms with Crippen LogP contribution >= 0.6 is 15.9 Å². The minimum Gasteiger partial charge on any atom is -0.436 e. The van der Waals surface area contributed by atoms with E-state index >= 15 is 0 Å². The third-order valence-corrected chi connectivity index (χ3v) is 6.52. The highest BCUT2D eigenvalue weighted by molar-refractivity contribution is 9.10. The summed E-state index contributed by atoms with van der Waals surface area (Å²) < 4.78 is 12.2. The highest BCUT2D eigenvalue weighted by Crippen LogP contribution is 2.31. The molecule has 4 aromatic carbocycles. The molecule has 2 aromatic heterocycles. The zero-order valence-corrected chi connectivity index (χ0v) is 20.3. The lowest BCUT2D eigenvalue weighted by molar-refractivity contribution is 0.102. The van der Waals surface area contributed by atoms with E-state index in [4.69, 9.17) is 8.83 Å². The maximum Gasteiger partial charge on any atom is 0.344 e. The lowest BCUT2D eigenvalue weighted by Crippen LogP contribution is -2.12. The monoisotopic (exact) mass is 536 g/mol. The third-order valence-electron chi connectivity index (χ3n) is 5.83. The van der Waals surface area contributed by atoms with Crippen LogP contribution in [0.3, 0.4) is 0 Å². The van der Waals surface area contributed by atoms with Gasteiger partial charge in [-0.05, 0) is 76.1 Å². The second-order valence-corrected chi connectivity index (χ2v) is 9.06. The van der Waals surface area contributed by atoms with Crippen molar-refractivity contribution in [2.45, 2.75) is 0 Å². The fraction of sp³-hybridized carbons (Fsp3) is 0. The minimum absolute atomic E-state index is 0.309. The van der Waals surface area contributed by atoms with Crippen molar-refractivity contribution in [3.05, 3.63) is 118 Å². The van der Waals surface area contributed by atoms with Crippen LogP contribution in [0.1, 0.15) is 10.4 Å². The molecule has 0 bridgehead atoms. The molecule has 0 aliphatic carbocycles. The molecule has 1 N–H and O–H groups in total.